The number of halogens is 1. The van der Waals surface area contributed by atoms with Gasteiger partial charge >= 0.3 is 6.03 Å². The second-order valence-electron chi connectivity index (χ2n) is 6.59. The van der Waals surface area contributed by atoms with Crippen molar-refractivity contribution in [2.75, 3.05) is 25.0 Å². The number of H-pyrrole nitrogens is 1. The standard InChI is InChI=1S/C18H20ClN5O3/c19-12-4-3-5-13(10-12)20-18(26)23-8-6-15-14(11-23)16(22-21-15)17(25)24-7-1-2-9-27-24/h3-5,10H,1-2,6-9,11H2,(H,20,26)(H,21,22). The molecular formula is C18H20ClN5O3. The number of benzene rings is 1. The van der Waals surface area contributed by atoms with E-state index in [1.165, 1.54) is 5.06 Å². The van der Waals surface area contributed by atoms with E-state index in [2.05, 4.69) is 15.5 Å². The van der Waals surface area contributed by atoms with Gasteiger partial charge in [0, 0.05) is 41.5 Å². The highest BCUT2D eigenvalue weighted by atomic mass is 35.5. The normalized spacial score (nSPS) is 16.8. The molecule has 0 saturated carbocycles. The lowest BCUT2D eigenvalue weighted by Gasteiger charge is -2.28. The largest absolute Gasteiger partial charge is 0.322 e. The van der Waals surface area contributed by atoms with Gasteiger partial charge < -0.3 is 10.2 Å². The lowest BCUT2D eigenvalue weighted by molar-refractivity contribution is -0.144. The van der Waals surface area contributed by atoms with Crippen LogP contribution < -0.4 is 5.32 Å². The number of aromatic nitrogens is 2. The maximum atomic E-state index is 12.7. The Morgan fingerprint density at radius 1 is 1.26 bits per heavy atom. The van der Waals surface area contributed by atoms with Crippen molar-refractivity contribution >= 4 is 29.2 Å². The Balaban J connectivity index is 1.48. The van der Waals surface area contributed by atoms with Crippen molar-refractivity contribution in [2.24, 2.45) is 0 Å². The lowest BCUT2D eigenvalue weighted by Crippen LogP contribution is -2.40. The second kappa shape index (κ2) is 7.58. The first-order valence-electron chi connectivity index (χ1n) is 8.94. The molecule has 4 rings (SSSR count). The summed E-state index contributed by atoms with van der Waals surface area (Å²) in [4.78, 5) is 32.4. The quantitative estimate of drug-likeness (QED) is 0.826. The number of carbonyl (C=O) groups excluding carboxylic acids is 2. The molecule has 9 heteroatoms. The zero-order valence-corrected chi connectivity index (χ0v) is 15.5. The SMILES string of the molecule is O=C(Nc1cccc(Cl)c1)N1CCc2[nH]nc(C(=O)N3CCCCO3)c2C1. The Bertz CT molecular complexity index is 862. The number of hydroxylamine groups is 2. The number of aromatic amines is 1. The number of carbonyl (C=O) groups is 2. The summed E-state index contributed by atoms with van der Waals surface area (Å²) < 4.78 is 0. The van der Waals surface area contributed by atoms with Crippen molar-refractivity contribution in [3.05, 3.63) is 46.2 Å². The molecule has 142 valence electrons. The zero-order valence-electron chi connectivity index (χ0n) is 14.7. The van der Waals surface area contributed by atoms with E-state index in [1.54, 1.807) is 29.2 Å². The van der Waals surface area contributed by atoms with Crippen LogP contribution in [0.5, 0.6) is 0 Å². The Kier molecular flexibility index (Phi) is 5.00. The minimum absolute atomic E-state index is 0.239. The molecular weight excluding hydrogens is 370 g/mol. The summed E-state index contributed by atoms with van der Waals surface area (Å²) in [7, 11) is 0. The fourth-order valence-corrected chi connectivity index (χ4v) is 3.48. The molecule has 27 heavy (non-hydrogen) atoms. The average Bonchev–Trinajstić information content (AvgIpc) is 3.11. The van der Waals surface area contributed by atoms with Crippen molar-refractivity contribution in [3.63, 3.8) is 0 Å². The fraction of sp³-hybridized carbons (Fsp3) is 0.389. The fourth-order valence-electron chi connectivity index (χ4n) is 3.29. The van der Waals surface area contributed by atoms with E-state index in [1.807, 2.05) is 0 Å². The summed E-state index contributed by atoms with van der Waals surface area (Å²) in [5.41, 5.74) is 2.60. The molecule has 3 heterocycles. The molecule has 1 saturated heterocycles. The van der Waals surface area contributed by atoms with Crippen molar-refractivity contribution in [1.82, 2.24) is 20.2 Å². The van der Waals surface area contributed by atoms with Crippen LogP contribution in [-0.2, 0) is 17.8 Å². The maximum Gasteiger partial charge on any atom is 0.322 e. The molecule has 0 aliphatic carbocycles. The van der Waals surface area contributed by atoms with E-state index in [4.69, 9.17) is 16.4 Å². The van der Waals surface area contributed by atoms with E-state index in [0.29, 0.717) is 49.1 Å². The van der Waals surface area contributed by atoms with E-state index in [-0.39, 0.29) is 11.9 Å². The third-order valence-corrected chi connectivity index (χ3v) is 4.96. The van der Waals surface area contributed by atoms with E-state index >= 15 is 0 Å². The molecule has 1 fully saturated rings. The number of anilines is 1. The van der Waals surface area contributed by atoms with Crippen LogP contribution in [0, 0.1) is 0 Å². The zero-order chi connectivity index (χ0) is 18.8. The molecule has 3 amide bonds. The highest BCUT2D eigenvalue weighted by molar-refractivity contribution is 6.30. The molecule has 0 atom stereocenters. The summed E-state index contributed by atoms with van der Waals surface area (Å²) in [6.07, 6.45) is 2.46. The number of nitrogens with zero attached hydrogens (tertiary/aromatic N) is 3. The summed E-state index contributed by atoms with van der Waals surface area (Å²) in [6, 6.07) is 6.75. The Morgan fingerprint density at radius 2 is 2.15 bits per heavy atom. The highest BCUT2D eigenvalue weighted by Crippen LogP contribution is 2.23. The molecule has 0 unspecified atom stereocenters. The highest BCUT2D eigenvalue weighted by Gasteiger charge is 2.31. The van der Waals surface area contributed by atoms with Gasteiger partial charge in [0.2, 0.25) is 0 Å². The second-order valence-corrected chi connectivity index (χ2v) is 7.03. The van der Waals surface area contributed by atoms with Gasteiger partial charge in [0.15, 0.2) is 5.69 Å². The topological polar surface area (TPSA) is 90.6 Å². The summed E-state index contributed by atoms with van der Waals surface area (Å²) >= 11 is 5.96. The van der Waals surface area contributed by atoms with Crippen molar-refractivity contribution in [3.8, 4) is 0 Å². The van der Waals surface area contributed by atoms with Crippen LogP contribution in [0.1, 0.15) is 34.6 Å². The van der Waals surface area contributed by atoms with Crippen molar-refractivity contribution in [2.45, 2.75) is 25.8 Å². The van der Waals surface area contributed by atoms with Gasteiger partial charge in [-0.3, -0.25) is 14.7 Å². The maximum absolute atomic E-state index is 12.7. The number of nitrogens with one attached hydrogen (secondary N) is 2. The Morgan fingerprint density at radius 3 is 2.93 bits per heavy atom. The van der Waals surface area contributed by atoms with Gasteiger partial charge in [-0.25, -0.2) is 9.86 Å². The number of rotatable bonds is 2. The summed E-state index contributed by atoms with van der Waals surface area (Å²) in [5, 5.41) is 11.9. The number of hydrogen-bond acceptors (Lipinski definition) is 4. The van der Waals surface area contributed by atoms with Crippen LogP contribution >= 0.6 is 11.6 Å². The molecule has 0 spiro atoms. The molecule has 8 nitrogen and oxygen atoms in total. The number of fused-ring (bicyclic) bond motifs is 1. The number of hydrogen-bond donors (Lipinski definition) is 2. The molecule has 2 aliphatic rings. The first kappa shape index (κ1) is 17.8. The van der Waals surface area contributed by atoms with Crippen LogP contribution in [0.3, 0.4) is 0 Å². The van der Waals surface area contributed by atoms with Crippen molar-refractivity contribution in [1.29, 1.82) is 0 Å². The molecule has 2 N–H and O–H groups in total. The van der Waals surface area contributed by atoms with Gasteiger partial charge in [0.1, 0.15) is 0 Å². The van der Waals surface area contributed by atoms with Crippen LogP contribution in [0.2, 0.25) is 5.02 Å². The minimum Gasteiger partial charge on any atom is -0.320 e. The molecule has 0 radical (unpaired) electrons. The van der Waals surface area contributed by atoms with E-state index < -0.39 is 0 Å². The smallest absolute Gasteiger partial charge is 0.320 e. The number of amides is 3. The van der Waals surface area contributed by atoms with Crippen molar-refractivity contribution < 1.29 is 14.4 Å². The minimum atomic E-state index is -0.260. The van der Waals surface area contributed by atoms with Crippen LogP contribution in [0.15, 0.2) is 24.3 Å². The van der Waals surface area contributed by atoms with Gasteiger partial charge in [-0.1, -0.05) is 17.7 Å². The number of urea groups is 1. The van der Waals surface area contributed by atoms with E-state index in [9.17, 15) is 9.59 Å². The van der Waals surface area contributed by atoms with Crippen LogP contribution in [0.4, 0.5) is 10.5 Å². The van der Waals surface area contributed by atoms with E-state index in [0.717, 1.165) is 24.1 Å². The van der Waals surface area contributed by atoms with Gasteiger partial charge in [0.05, 0.1) is 13.2 Å². The molecule has 2 aliphatic heterocycles. The van der Waals surface area contributed by atoms with Gasteiger partial charge in [0.25, 0.3) is 5.91 Å². The molecule has 0 bridgehead atoms. The van der Waals surface area contributed by atoms with Crippen LogP contribution in [0.25, 0.3) is 0 Å². The molecule has 1 aromatic carbocycles. The van der Waals surface area contributed by atoms with Gasteiger partial charge in [-0.15, -0.1) is 0 Å². The summed E-state index contributed by atoms with van der Waals surface area (Å²) in [6.45, 7) is 1.94. The Hall–Kier alpha value is -2.58. The molecule has 2 aromatic rings. The lowest BCUT2D eigenvalue weighted by atomic mass is 10.1. The average molecular weight is 390 g/mol. The van der Waals surface area contributed by atoms with Crippen LogP contribution in [-0.4, -0.2) is 51.8 Å². The third-order valence-electron chi connectivity index (χ3n) is 4.73. The Labute approximate surface area is 161 Å². The first-order chi connectivity index (χ1) is 13.1. The third kappa shape index (κ3) is 3.77. The molecule has 1 aromatic heterocycles. The monoisotopic (exact) mass is 389 g/mol. The van der Waals surface area contributed by atoms with Gasteiger partial charge in [-0.2, -0.15) is 5.10 Å². The summed E-state index contributed by atoms with van der Waals surface area (Å²) in [5.74, 6) is -0.260. The predicted molar refractivity (Wildman–Crippen MR) is 99.4 cm³/mol. The van der Waals surface area contributed by atoms with Gasteiger partial charge in [-0.05, 0) is 31.0 Å². The predicted octanol–water partition coefficient (Wildman–Crippen LogP) is 2.82. The first-order valence-corrected chi connectivity index (χ1v) is 9.32.